The molecule has 1 fully saturated rings. The second-order valence-corrected chi connectivity index (χ2v) is 9.72. The van der Waals surface area contributed by atoms with Crippen LogP contribution in [0.25, 0.3) is 10.2 Å². The van der Waals surface area contributed by atoms with Gasteiger partial charge in [-0.3, -0.25) is 9.69 Å². The van der Waals surface area contributed by atoms with E-state index in [1.807, 2.05) is 30.3 Å². The van der Waals surface area contributed by atoms with E-state index in [-0.39, 0.29) is 11.7 Å². The average Bonchev–Trinajstić information content (AvgIpc) is 3.37. The van der Waals surface area contributed by atoms with Gasteiger partial charge in [0.25, 0.3) is 5.22 Å². The number of hydrogen-bond acceptors (Lipinski definition) is 7. The Kier molecular flexibility index (Phi) is 5.50. The van der Waals surface area contributed by atoms with Crippen LogP contribution in [0.15, 0.2) is 52.1 Å². The number of anilines is 1. The second kappa shape index (κ2) is 8.43. The highest BCUT2D eigenvalue weighted by molar-refractivity contribution is 7.99. The Labute approximate surface area is 188 Å². The minimum absolute atomic E-state index is 0.0338. The maximum absolute atomic E-state index is 13.3. The molecule has 0 atom stereocenters. The van der Waals surface area contributed by atoms with E-state index in [1.54, 1.807) is 16.2 Å². The number of nitrogens with zero attached hydrogens (tertiary/aromatic N) is 4. The van der Waals surface area contributed by atoms with Crippen molar-refractivity contribution in [1.82, 2.24) is 15.2 Å². The van der Waals surface area contributed by atoms with Crippen LogP contribution < -0.4 is 4.90 Å². The van der Waals surface area contributed by atoms with Crippen molar-refractivity contribution in [3.63, 3.8) is 0 Å². The first-order chi connectivity index (χ1) is 15.1. The van der Waals surface area contributed by atoms with E-state index in [4.69, 9.17) is 9.40 Å². The summed E-state index contributed by atoms with van der Waals surface area (Å²) < 4.78 is 6.78. The lowest BCUT2D eigenvalue weighted by molar-refractivity contribution is -0.116. The number of hydrogen-bond donors (Lipinski definition) is 0. The molecular weight excluding hydrogens is 428 g/mol. The topological polar surface area (TPSA) is 72.1 Å². The Bertz CT molecular complexity index is 1230. The number of fused-ring (bicyclic) bond motifs is 1. The second-order valence-electron chi connectivity index (χ2n) is 7.79. The summed E-state index contributed by atoms with van der Waals surface area (Å²) in [4.78, 5) is 19.9. The summed E-state index contributed by atoms with van der Waals surface area (Å²) in [7, 11) is 0. The third-order valence-electron chi connectivity index (χ3n) is 5.46. The van der Waals surface area contributed by atoms with Gasteiger partial charge in [0.15, 0.2) is 5.13 Å². The normalized spacial score (nSPS) is 13.6. The first-order valence-electron chi connectivity index (χ1n) is 10.3. The van der Waals surface area contributed by atoms with Crippen LogP contribution >= 0.6 is 23.1 Å². The Morgan fingerprint density at radius 1 is 1.16 bits per heavy atom. The van der Waals surface area contributed by atoms with Crippen LogP contribution in [-0.4, -0.2) is 26.8 Å². The van der Waals surface area contributed by atoms with Crippen LogP contribution in [0.5, 0.6) is 0 Å². The third-order valence-corrected chi connectivity index (χ3v) is 7.30. The largest absolute Gasteiger partial charge is 0.416 e. The molecule has 6 nitrogen and oxygen atoms in total. The Morgan fingerprint density at radius 3 is 2.74 bits per heavy atom. The molecule has 0 unspecified atom stereocenters. The number of amides is 1. The van der Waals surface area contributed by atoms with E-state index in [1.165, 1.54) is 17.3 Å². The molecule has 31 heavy (non-hydrogen) atoms. The molecule has 2 aromatic heterocycles. The lowest BCUT2D eigenvalue weighted by Crippen LogP contribution is -2.31. The molecule has 1 aliphatic carbocycles. The predicted octanol–water partition coefficient (Wildman–Crippen LogP) is 5.50. The molecule has 2 heterocycles. The molecule has 1 aliphatic rings. The molecule has 4 aromatic rings. The Morgan fingerprint density at radius 2 is 1.97 bits per heavy atom. The van der Waals surface area contributed by atoms with Crippen molar-refractivity contribution in [2.75, 3.05) is 10.7 Å². The van der Waals surface area contributed by atoms with Crippen molar-refractivity contribution < 1.29 is 9.21 Å². The van der Waals surface area contributed by atoms with E-state index in [0.717, 1.165) is 34.2 Å². The van der Waals surface area contributed by atoms with Crippen molar-refractivity contribution >= 4 is 44.4 Å². The van der Waals surface area contributed by atoms with Gasteiger partial charge in [0, 0.05) is 5.92 Å². The fourth-order valence-electron chi connectivity index (χ4n) is 3.33. The maximum atomic E-state index is 13.3. The van der Waals surface area contributed by atoms with Gasteiger partial charge in [0.05, 0.1) is 22.5 Å². The van der Waals surface area contributed by atoms with Gasteiger partial charge in [-0.15, -0.1) is 10.2 Å². The lowest BCUT2D eigenvalue weighted by Gasteiger charge is -2.19. The first kappa shape index (κ1) is 20.2. The highest BCUT2D eigenvalue weighted by Crippen LogP contribution is 2.40. The molecular formula is C23H22N4O2S2. The van der Waals surface area contributed by atoms with Gasteiger partial charge in [0.1, 0.15) is 0 Å². The molecule has 2 aromatic carbocycles. The maximum Gasteiger partial charge on any atom is 0.277 e. The van der Waals surface area contributed by atoms with E-state index in [2.05, 4.69) is 36.2 Å². The summed E-state index contributed by atoms with van der Waals surface area (Å²) in [5, 5.41) is 9.35. The van der Waals surface area contributed by atoms with Crippen molar-refractivity contribution in [2.45, 2.75) is 44.4 Å². The molecule has 0 spiro atoms. The minimum atomic E-state index is -0.0338. The van der Waals surface area contributed by atoms with Crippen molar-refractivity contribution in [2.24, 2.45) is 0 Å². The summed E-state index contributed by atoms with van der Waals surface area (Å²) in [5.41, 5.74) is 4.37. The van der Waals surface area contributed by atoms with E-state index < -0.39 is 0 Å². The molecule has 5 rings (SSSR count). The van der Waals surface area contributed by atoms with Gasteiger partial charge in [-0.1, -0.05) is 59.5 Å². The van der Waals surface area contributed by atoms with Gasteiger partial charge in [-0.2, -0.15) is 0 Å². The van der Waals surface area contributed by atoms with Gasteiger partial charge in [-0.05, 0) is 49.4 Å². The number of aryl methyl sites for hydroxylation is 2. The van der Waals surface area contributed by atoms with Crippen LogP contribution in [0.3, 0.4) is 0 Å². The van der Waals surface area contributed by atoms with Gasteiger partial charge >= 0.3 is 0 Å². The van der Waals surface area contributed by atoms with Crippen LogP contribution in [0.4, 0.5) is 5.13 Å². The number of carbonyl (C=O) groups is 1. The smallest absolute Gasteiger partial charge is 0.277 e. The van der Waals surface area contributed by atoms with Gasteiger partial charge in [0.2, 0.25) is 11.8 Å². The monoisotopic (exact) mass is 450 g/mol. The van der Waals surface area contributed by atoms with Crippen molar-refractivity contribution in [1.29, 1.82) is 0 Å². The first-order valence-corrected chi connectivity index (χ1v) is 12.1. The SMILES string of the molecule is Cc1ccc2sc(N(Cc3ccccc3)C(=O)CSc3nnc(C4CC4)o3)nc2c1C. The minimum Gasteiger partial charge on any atom is -0.416 e. The number of benzene rings is 2. The molecule has 0 saturated heterocycles. The summed E-state index contributed by atoms with van der Waals surface area (Å²) in [6, 6.07) is 14.2. The Hall–Kier alpha value is -2.71. The van der Waals surface area contributed by atoms with Gasteiger partial charge in [-0.25, -0.2) is 4.98 Å². The number of rotatable bonds is 7. The summed E-state index contributed by atoms with van der Waals surface area (Å²) in [6.45, 7) is 4.63. The summed E-state index contributed by atoms with van der Waals surface area (Å²) in [6.07, 6.45) is 2.21. The van der Waals surface area contributed by atoms with Crippen molar-refractivity contribution in [3.05, 3.63) is 65.0 Å². The highest BCUT2D eigenvalue weighted by Gasteiger charge is 2.30. The molecule has 1 amide bonds. The van der Waals surface area contributed by atoms with Crippen LogP contribution in [0.2, 0.25) is 0 Å². The zero-order valence-corrected chi connectivity index (χ0v) is 19.0. The predicted molar refractivity (Wildman–Crippen MR) is 124 cm³/mol. The van der Waals surface area contributed by atoms with Gasteiger partial charge < -0.3 is 4.42 Å². The zero-order chi connectivity index (χ0) is 21.4. The average molecular weight is 451 g/mol. The summed E-state index contributed by atoms with van der Waals surface area (Å²) >= 11 is 2.83. The molecule has 0 N–H and O–H groups in total. The highest BCUT2D eigenvalue weighted by atomic mass is 32.2. The fourth-order valence-corrected chi connectivity index (χ4v) is 5.02. The molecule has 0 radical (unpaired) electrons. The zero-order valence-electron chi connectivity index (χ0n) is 17.4. The Balaban J connectivity index is 1.40. The van der Waals surface area contributed by atoms with E-state index >= 15 is 0 Å². The van der Waals surface area contributed by atoms with Crippen molar-refractivity contribution in [3.8, 4) is 0 Å². The lowest BCUT2D eigenvalue weighted by atomic mass is 10.1. The van der Waals surface area contributed by atoms with Crippen LogP contribution in [-0.2, 0) is 11.3 Å². The number of carbonyl (C=O) groups excluding carboxylic acids is 1. The quantitative estimate of drug-likeness (QED) is 0.346. The third kappa shape index (κ3) is 4.36. The molecule has 0 bridgehead atoms. The molecule has 1 saturated carbocycles. The van der Waals surface area contributed by atoms with E-state index in [9.17, 15) is 4.79 Å². The fraction of sp³-hybridized carbons (Fsp3) is 0.304. The summed E-state index contributed by atoms with van der Waals surface area (Å²) in [5.74, 6) is 1.27. The van der Waals surface area contributed by atoms with Crippen LogP contribution in [0.1, 0.15) is 41.3 Å². The van der Waals surface area contributed by atoms with E-state index in [0.29, 0.717) is 28.7 Å². The molecule has 8 heteroatoms. The number of thioether (sulfide) groups is 1. The molecule has 158 valence electrons. The molecule has 0 aliphatic heterocycles. The number of aromatic nitrogens is 3. The standard InChI is InChI=1S/C23H22N4O2S2/c1-14-8-11-18-20(15(14)2)24-22(31-18)27(12-16-6-4-3-5-7-16)19(28)13-30-23-26-25-21(29-23)17-9-10-17/h3-8,11,17H,9-10,12-13H2,1-2H3. The number of thiazole rings is 1. The van der Waals surface area contributed by atoms with Crippen LogP contribution in [0, 0.1) is 13.8 Å².